The predicted octanol–water partition coefficient (Wildman–Crippen LogP) is 6.29. The molecule has 0 amide bonds. The summed E-state index contributed by atoms with van der Waals surface area (Å²) in [5, 5.41) is 0. The van der Waals surface area contributed by atoms with Gasteiger partial charge in [0.25, 0.3) is 0 Å². The summed E-state index contributed by atoms with van der Waals surface area (Å²) in [7, 11) is 0. The van der Waals surface area contributed by atoms with Crippen LogP contribution in [0.4, 0.5) is 4.39 Å². The van der Waals surface area contributed by atoms with Gasteiger partial charge in [0.05, 0.1) is 0 Å². The minimum atomic E-state index is -0.221. The first-order valence-electron chi connectivity index (χ1n) is 7.56. The van der Waals surface area contributed by atoms with E-state index in [1.807, 2.05) is 12.1 Å². The minimum Gasteiger partial charge on any atom is -0.207 e. The summed E-state index contributed by atoms with van der Waals surface area (Å²) in [6, 6.07) is 6.61. The molecule has 0 aliphatic rings. The van der Waals surface area contributed by atoms with Gasteiger partial charge in [0.2, 0.25) is 0 Å². The normalized spacial score (nSPS) is 11.8. The van der Waals surface area contributed by atoms with E-state index in [4.69, 9.17) is 23.2 Å². The maximum absolute atomic E-state index is 13.0. The number of hydrogen-bond acceptors (Lipinski definition) is 0. The molecule has 0 spiro atoms. The number of hydrogen-bond donors (Lipinski definition) is 0. The van der Waals surface area contributed by atoms with Crippen LogP contribution in [0, 0.1) is 5.82 Å². The van der Waals surface area contributed by atoms with Gasteiger partial charge in [0.15, 0.2) is 0 Å². The molecule has 0 heterocycles. The van der Waals surface area contributed by atoms with Crippen LogP contribution in [0.15, 0.2) is 24.3 Å². The summed E-state index contributed by atoms with van der Waals surface area (Å²) in [5.41, 5.74) is 0.833. The molecule has 0 atom stereocenters. The smallest absolute Gasteiger partial charge is 0.123 e. The Labute approximate surface area is 132 Å². The highest BCUT2D eigenvalue weighted by molar-refractivity contribution is 6.22. The number of benzene rings is 1. The molecule has 114 valence electrons. The Balaban J connectivity index is 2.56. The first-order chi connectivity index (χ1) is 9.68. The van der Waals surface area contributed by atoms with Crippen molar-refractivity contribution < 1.29 is 4.39 Å². The third kappa shape index (κ3) is 5.26. The lowest BCUT2D eigenvalue weighted by Gasteiger charge is -2.30. The average molecular weight is 319 g/mol. The zero-order valence-corrected chi connectivity index (χ0v) is 13.8. The third-order valence-electron chi connectivity index (χ3n) is 3.98. The van der Waals surface area contributed by atoms with Crippen molar-refractivity contribution in [2.75, 3.05) is 11.8 Å². The topological polar surface area (TPSA) is 0 Å². The summed E-state index contributed by atoms with van der Waals surface area (Å²) < 4.78 is 13.0. The molecule has 1 rings (SSSR count). The summed E-state index contributed by atoms with van der Waals surface area (Å²) in [4.78, 5) is 0. The van der Waals surface area contributed by atoms with E-state index in [1.165, 1.54) is 44.2 Å². The van der Waals surface area contributed by atoms with Crippen molar-refractivity contribution in [2.45, 2.75) is 57.3 Å². The van der Waals surface area contributed by atoms with Gasteiger partial charge in [-0.3, -0.25) is 0 Å². The van der Waals surface area contributed by atoms with Crippen molar-refractivity contribution in [1.29, 1.82) is 0 Å². The van der Waals surface area contributed by atoms with E-state index in [-0.39, 0.29) is 11.2 Å². The van der Waals surface area contributed by atoms with Crippen LogP contribution in [0.3, 0.4) is 0 Å². The maximum atomic E-state index is 13.0. The van der Waals surface area contributed by atoms with E-state index >= 15 is 0 Å². The molecule has 0 radical (unpaired) electrons. The van der Waals surface area contributed by atoms with E-state index in [2.05, 4.69) is 6.92 Å². The quantitative estimate of drug-likeness (QED) is 0.351. The average Bonchev–Trinajstić information content (AvgIpc) is 2.48. The van der Waals surface area contributed by atoms with Crippen LogP contribution in [-0.4, -0.2) is 11.8 Å². The molecule has 0 aliphatic heterocycles. The van der Waals surface area contributed by atoms with Gasteiger partial charge in [0.1, 0.15) is 5.82 Å². The minimum absolute atomic E-state index is 0.216. The second-order valence-electron chi connectivity index (χ2n) is 5.57. The number of unbranched alkanes of at least 4 members (excludes halogenated alkanes) is 5. The van der Waals surface area contributed by atoms with Gasteiger partial charge in [-0.1, -0.05) is 57.6 Å². The predicted molar refractivity (Wildman–Crippen MR) is 87.5 cm³/mol. The standard InChI is InChI=1S/C17H25Cl2F/c1-2-3-4-5-6-7-12-17(13-18,14-19)15-8-10-16(20)11-9-15/h8-11H,2-7,12-14H2,1H3. The van der Waals surface area contributed by atoms with E-state index in [9.17, 15) is 4.39 Å². The third-order valence-corrected chi connectivity index (χ3v) is 5.00. The monoisotopic (exact) mass is 318 g/mol. The van der Waals surface area contributed by atoms with Gasteiger partial charge < -0.3 is 0 Å². The second kappa shape index (κ2) is 9.63. The molecule has 3 heteroatoms. The molecule has 0 fully saturated rings. The van der Waals surface area contributed by atoms with Crippen molar-refractivity contribution in [1.82, 2.24) is 0 Å². The Bertz CT molecular complexity index is 358. The van der Waals surface area contributed by atoms with Crippen LogP contribution in [0.1, 0.15) is 57.4 Å². The van der Waals surface area contributed by atoms with Crippen LogP contribution in [0.5, 0.6) is 0 Å². The highest BCUT2D eigenvalue weighted by Crippen LogP contribution is 2.33. The van der Waals surface area contributed by atoms with Gasteiger partial charge in [-0.2, -0.15) is 0 Å². The fourth-order valence-corrected chi connectivity index (χ4v) is 3.38. The summed E-state index contributed by atoms with van der Waals surface area (Å²) in [6.45, 7) is 2.22. The molecule has 20 heavy (non-hydrogen) atoms. The summed E-state index contributed by atoms with van der Waals surface area (Å²) in [6.07, 6.45) is 8.48. The molecule has 0 nitrogen and oxygen atoms in total. The summed E-state index contributed by atoms with van der Waals surface area (Å²) in [5.74, 6) is 0.750. The second-order valence-corrected chi connectivity index (χ2v) is 6.11. The molecule has 1 aromatic rings. The Morgan fingerprint density at radius 1 is 0.900 bits per heavy atom. The Morgan fingerprint density at radius 3 is 2.00 bits per heavy atom. The van der Waals surface area contributed by atoms with Crippen molar-refractivity contribution >= 4 is 23.2 Å². The molecule has 0 N–H and O–H groups in total. The van der Waals surface area contributed by atoms with Crippen molar-refractivity contribution in [3.05, 3.63) is 35.6 Å². The van der Waals surface area contributed by atoms with Crippen molar-refractivity contribution in [2.24, 2.45) is 0 Å². The Hall–Kier alpha value is -0.270. The van der Waals surface area contributed by atoms with Crippen LogP contribution >= 0.6 is 23.2 Å². The first-order valence-corrected chi connectivity index (χ1v) is 8.63. The van der Waals surface area contributed by atoms with E-state index in [1.54, 1.807) is 0 Å². The lowest BCUT2D eigenvalue weighted by atomic mass is 9.79. The first kappa shape index (κ1) is 17.8. The Morgan fingerprint density at radius 2 is 1.45 bits per heavy atom. The van der Waals surface area contributed by atoms with Gasteiger partial charge in [-0.05, 0) is 24.1 Å². The molecule has 0 aromatic heterocycles. The fraction of sp³-hybridized carbons (Fsp3) is 0.647. The summed E-state index contributed by atoms with van der Waals surface area (Å²) >= 11 is 12.4. The number of alkyl halides is 2. The van der Waals surface area contributed by atoms with Crippen molar-refractivity contribution in [3.63, 3.8) is 0 Å². The molecule has 0 aliphatic carbocycles. The molecule has 0 bridgehead atoms. The molecule has 1 aromatic carbocycles. The molecular weight excluding hydrogens is 294 g/mol. The highest BCUT2D eigenvalue weighted by Gasteiger charge is 2.30. The van der Waals surface area contributed by atoms with E-state index in [0.717, 1.165) is 18.4 Å². The zero-order chi connectivity index (χ0) is 14.8. The highest BCUT2D eigenvalue weighted by atomic mass is 35.5. The van der Waals surface area contributed by atoms with Gasteiger partial charge in [0, 0.05) is 17.2 Å². The van der Waals surface area contributed by atoms with Gasteiger partial charge >= 0.3 is 0 Å². The van der Waals surface area contributed by atoms with Gasteiger partial charge in [-0.15, -0.1) is 23.2 Å². The van der Waals surface area contributed by atoms with Crippen LogP contribution in [0.2, 0.25) is 0 Å². The maximum Gasteiger partial charge on any atom is 0.123 e. The number of rotatable bonds is 10. The number of halogens is 3. The molecule has 0 unspecified atom stereocenters. The van der Waals surface area contributed by atoms with Crippen molar-refractivity contribution in [3.8, 4) is 0 Å². The zero-order valence-electron chi connectivity index (χ0n) is 12.3. The van der Waals surface area contributed by atoms with Crippen LogP contribution in [-0.2, 0) is 5.41 Å². The Kier molecular flexibility index (Phi) is 8.56. The molecular formula is C17H25Cl2F. The lowest BCUT2D eigenvalue weighted by molar-refractivity contribution is 0.451. The largest absolute Gasteiger partial charge is 0.207 e. The fourth-order valence-electron chi connectivity index (χ4n) is 2.52. The van der Waals surface area contributed by atoms with Gasteiger partial charge in [-0.25, -0.2) is 4.39 Å². The van der Waals surface area contributed by atoms with Crippen LogP contribution < -0.4 is 0 Å². The van der Waals surface area contributed by atoms with Crippen LogP contribution in [0.25, 0.3) is 0 Å². The SMILES string of the molecule is CCCCCCCCC(CCl)(CCl)c1ccc(F)cc1. The van der Waals surface area contributed by atoms with E-state index < -0.39 is 0 Å². The molecule has 0 saturated heterocycles. The lowest BCUT2D eigenvalue weighted by Crippen LogP contribution is -2.30. The molecule has 0 saturated carbocycles. The van der Waals surface area contributed by atoms with E-state index in [0.29, 0.717) is 11.8 Å².